The van der Waals surface area contributed by atoms with Crippen molar-refractivity contribution in [3.05, 3.63) is 23.9 Å². The van der Waals surface area contributed by atoms with Crippen LogP contribution < -0.4 is 4.90 Å². The summed E-state index contributed by atoms with van der Waals surface area (Å²) in [6.07, 6.45) is 7.03. The number of nitrogens with zero attached hydrogens (tertiary/aromatic N) is 2. The average molecular weight is 232 g/mol. The quantitative estimate of drug-likeness (QED) is 0.773. The number of anilines is 1. The Bertz CT molecular complexity index is 359. The first-order valence-corrected chi connectivity index (χ1v) is 6.75. The lowest BCUT2D eigenvalue weighted by molar-refractivity contribution is 0.410. The highest BCUT2D eigenvalue weighted by Crippen LogP contribution is 2.27. The summed E-state index contributed by atoms with van der Waals surface area (Å²) in [6.45, 7) is 9.22. The molecule has 1 fully saturated rings. The number of piperidine rings is 1. The van der Waals surface area contributed by atoms with E-state index in [2.05, 4.69) is 42.8 Å². The van der Waals surface area contributed by atoms with Crippen LogP contribution in [0.5, 0.6) is 0 Å². The van der Waals surface area contributed by atoms with Crippen LogP contribution in [0.15, 0.2) is 18.3 Å². The lowest BCUT2D eigenvalue weighted by atomic mass is 9.88. The number of rotatable bonds is 2. The number of aromatic nitrogens is 1. The molecule has 17 heavy (non-hydrogen) atoms. The Hall–Kier alpha value is -1.05. The minimum Gasteiger partial charge on any atom is -0.356 e. The summed E-state index contributed by atoms with van der Waals surface area (Å²) >= 11 is 0. The van der Waals surface area contributed by atoms with Gasteiger partial charge in [-0.25, -0.2) is 4.98 Å². The first-order valence-electron chi connectivity index (χ1n) is 6.75. The molecule has 0 spiro atoms. The number of pyridine rings is 1. The average Bonchev–Trinajstić information content (AvgIpc) is 2.29. The monoisotopic (exact) mass is 232 g/mol. The Kier molecular flexibility index (Phi) is 3.70. The Labute approximate surface area is 105 Å². The zero-order valence-electron chi connectivity index (χ0n) is 11.4. The van der Waals surface area contributed by atoms with Crippen molar-refractivity contribution in [2.24, 2.45) is 5.41 Å². The molecule has 2 heteroatoms. The van der Waals surface area contributed by atoms with Gasteiger partial charge in [-0.15, -0.1) is 0 Å². The van der Waals surface area contributed by atoms with Crippen LogP contribution in [-0.2, 0) is 6.42 Å². The molecule has 0 saturated carbocycles. The van der Waals surface area contributed by atoms with E-state index in [1.807, 2.05) is 6.20 Å². The van der Waals surface area contributed by atoms with Crippen LogP contribution in [0.1, 0.15) is 45.6 Å². The summed E-state index contributed by atoms with van der Waals surface area (Å²) in [7, 11) is 0. The van der Waals surface area contributed by atoms with Crippen molar-refractivity contribution >= 4 is 5.82 Å². The Morgan fingerprint density at radius 2 is 1.88 bits per heavy atom. The predicted octanol–water partition coefficient (Wildman–Crippen LogP) is 3.66. The molecule has 2 nitrogen and oxygen atoms in total. The third-order valence-electron chi connectivity index (χ3n) is 3.24. The van der Waals surface area contributed by atoms with Gasteiger partial charge >= 0.3 is 0 Å². The summed E-state index contributed by atoms with van der Waals surface area (Å²) in [5, 5.41) is 0. The fraction of sp³-hybridized carbons (Fsp3) is 0.667. The molecule has 0 bridgehead atoms. The lowest BCUT2D eigenvalue weighted by Gasteiger charge is -2.30. The fourth-order valence-corrected chi connectivity index (χ4v) is 2.53. The first-order chi connectivity index (χ1) is 8.06. The predicted molar refractivity (Wildman–Crippen MR) is 73.5 cm³/mol. The van der Waals surface area contributed by atoms with Gasteiger partial charge < -0.3 is 4.90 Å². The summed E-state index contributed by atoms with van der Waals surface area (Å²) < 4.78 is 0. The van der Waals surface area contributed by atoms with Gasteiger partial charge in [0.15, 0.2) is 0 Å². The third kappa shape index (κ3) is 3.45. The zero-order chi connectivity index (χ0) is 12.3. The maximum Gasteiger partial charge on any atom is 0.131 e. The van der Waals surface area contributed by atoms with Gasteiger partial charge in [0, 0.05) is 19.3 Å². The molecule has 94 valence electrons. The van der Waals surface area contributed by atoms with Crippen LogP contribution >= 0.6 is 0 Å². The molecule has 2 rings (SSSR count). The fourth-order valence-electron chi connectivity index (χ4n) is 2.53. The maximum absolute atomic E-state index is 4.61. The molecule has 1 aliphatic heterocycles. The molecule has 1 saturated heterocycles. The van der Waals surface area contributed by atoms with E-state index in [9.17, 15) is 0 Å². The second-order valence-corrected chi connectivity index (χ2v) is 6.27. The highest BCUT2D eigenvalue weighted by molar-refractivity contribution is 5.47. The SMILES string of the molecule is CC(C)(C)Cc1cccnc1N1CCCCC1. The lowest BCUT2D eigenvalue weighted by Crippen LogP contribution is -2.31. The van der Waals surface area contributed by atoms with E-state index in [0.717, 1.165) is 6.42 Å². The highest BCUT2D eigenvalue weighted by Gasteiger charge is 2.19. The molecule has 1 aliphatic rings. The maximum atomic E-state index is 4.61. The van der Waals surface area contributed by atoms with Crippen molar-refractivity contribution in [1.82, 2.24) is 4.98 Å². The minimum absolute atomic E-state index is 0.327. The van der Waals surface area contributed by atoms with E-state index in [0.29, 0.717) is 5.41 Å². The van der Waals surface area contributed by atoms with Crippen LogP contribution in [0.4, 0.5) is 5.82 Å². The standard InChI is InChI=1S/C15H24N2/c1-15(2,3)12-13-8-7-9-16-14(13)17-10-5-4-6-11-17/h7-9H,4-6,10-12H2,1-3H3. The molecule has 1 aromatic rings. The molecule has 0 amide bonds. The molecule has 0 atom stereocenters. The molecule has 0 unspecified atom stereocenters. The summed E-state index contributed by atoms with van der Waals surface area (Å²) in [4.78, 5) is 7.08. The van der Waals surface area contributed by atoms with E-state index in [4.69, 9.17) is 0 Å². The van der Waals surface area contributed by atoms with Crippen LogP contribution in [0.3, 0.4) is 0 Å². The zero-order valence-corrected chi connectivity index (χ0v) is 11.4. The van der Waals surface area contributed by atoms with Crippen molar-refractivity contribution in [3.8, 4) is 0 Å². The molecular weight excluding hydrogens is 208 g/mol. The van der Waals surface area contributed by atoms with Crippen LogP contribution in [0.25, 0.3) is 0 Å². The molecular formula is C15H24N2. The second kappa shape index (κ2) is 5.07. The van der Waals surface area contributed by atoms with E-state index in [-0.39, 0.29) is 0 Å². The smallest absolute Gasteiger partial charge is 0.131 e. The molecule has 0 aliphatic carbocycles. The highest BCUT2D eigenvalue weighted by atomic mass is 15.2. The molecule has 0 radical (unpaired) electrons. The van der Waals surface area contributed by atoms with E-state index >= 15 is 0 Å². The Morgan fingerprint density at radius 1 is 1.18 bits per heavy atom. The van der Waals surface area contributed by atoms with Gasteiger partial charge in [0.05, 0.1) is 0 Å². The van der Waals surface area contributed by atoms with Crippen molar-refractivity contribution < 1.29 is 0 Å². The van der Waals surface area contributed by atoms with Crippen molar-refractivity contribution in [2.45, 2.75) is 46.5 Å². The van der Waals surface area contributed by atoms with Crippen molar-refractivity contribution in [3.63, 3.8) is 0 Å². The number of hydrogen-bond acceptors (Lipinski definition) is 2. The second-order valence-electron chi connectivity index (χ2n) is 6.27. The van der Waals surface area contributed by atoms with Gasteiger partial charge in [-0.1, -0.05) is 26.8 Å². The third-order valence-corrected chi connectivity index (χ3v) is 3.24. The van der Waals surface area contributed by atoms with Gasteiger partial charge in [-0.05, 0) is 42.7 Å². The summed E-state index contributed by atoms with van der Waals surface area (Å²) in [5.74, 6) is 1.22. The van der Waals surface area contributed by atoms with Crippen LogP contribution in [-0.4, -0.2) is 18.1 Å². The summed E-state index contributed by atoms with van der Waals surface area (Å²) in [6, 6.07) is 4.30. The van der Waals surface area contributed by atoms with Gasteiger partial charge in [0.1, 0.15) is 5.82 Å². The Morgan fingerprint density at radius 3 is 2.53 bits per heavy atom. The number of hydrogen-bond donors (Lipinski definition) is 0. The molecule has 0 N–H and O–H groups in total. The molecule has 1 aromatic heterocycles. The van der Waals surface area contributed by atoms with Crippen molar-refractivity contribution in [2.75, 3.05) is 18.0 Å². The van der Waals surface area contributed by atoms with Gasteiger partial charge in [-0.3, -0.25) is 0 Å². The van der Waals surface area contributed by atoms with E-state index in [1.165, 1.54) is 43.7 Å². The molecule has 0 aromatic carbocycles. The first kappa shape index (κ1) is 12.4. The van der Waals surface area contributed by atoms with Gasteiger partial charge in [-0.2, -0.15) is 0 Å². The van der Waals surface area contributed by atoms with E-state index < -0.39 is 0 Å². The normalized spacial score (nSPS) is 17.2. The Balaban J connectivity index is 2.20. The van der Waals surface area contributed by atoms with Crippen LogP contribution in [0, 0.1) is 5.41 Å². The minimum atomic E-state index is 0.327. The van der Waals surface area contributed by atoms with E-state index in [1.54, 1.807) is 0 Å². The van der Waals surface area contributed by atoms with Crippen LogP contribution in [0.2, 0.25) is 0 Å². The summed E-state index contributed by atoms with van der Waals surface area (Å²) in [5.41, 5.74) is 1.73. The van der Waals surface area contributed by atoms with Gasteiger partial charge in [0.25, 0.3) is 0 Å². The van der Waals surface area contributed by atoms with Gasteiger partial charge in [0.2, 0.25) is 0 Å². The largest absolute Gasteiger partial charge is 0.356 e. The molecule has 2 heterocycles. The topological polar surface area (TPSA) is 16.1 Å². The van der Waals surface area contributed by atoms with Crippen molar-refractivity contribution in [1.29, 1.82) is 0 Å².